The van der Waals surface area contributed by atoms with Crippen molar-refractivity contribution in [3.05, 3.63) is 59.4 Å². The molecular weight excluding hydrogens is 437 g/mol. The van der Waals surface area contributed by atoms with Gasteiger partial charge >= 0.3 is 0 Å². The fraction of sp³-hybridized carbons (Fsp3) is 0.409. The molecule has 2 N–H and O–H groups in total. The maximum absolute atomic E-state index is 14.6. The minimum Gasteiger partial charge on any atom is -0.393 e. The van der Waals surface area contributed by atoms with Crippen LogP contribution >= 0.6 is 11.6 Å². The number of halogens is 2. The molecule has 0 aliphatic carbocycles. The lowest BCUT2D eigenvalue weighted by atomic mass is 9.95. The lowest BCUT2D eigenvalue weighted by Gasteiger charge is -2.37. The summed E-state index contributed by atoms with van der Waals surface area (Å²) >= 11 is 6.30. The van der Waals surface area contributed by atoms with Gasteiger partial charge in [-0.3, -0.25) is 4.57 Å². The molecule has 0 radical (unpaired) electrons. The first-order valence-electron chi connectivity index (χ1n) is 10.5. The SMILES string of the molecule is C=C1[C@@H](O)[C@H](n2cnc3c(N4CCCCC4c4ccccc4F)nc(Cl)nc32)O[C@@H]1CO. The highest BCUT2D eigenvalue weighted by molar-refractivity contribution is 6.28. The van der Waals surface area contributed by atoms with Gasteiger partial charge < -0.3 is 19.8 Å². The van der Waals surface area contributed by atoms with Crippen LogP contribution in [0.2, 0.25) is 5.28 Å². The third-order valence-electron chi connectivity index (χ3n) is 6.22. The van der Waals surface area contributed by atoms with Gasteiger partial charge in [-0.05, 0) is 42.5 Å². The molecule has 32 heavy (non-hydrogen) atoms. The van der Waals surface area contributed by atoms with Gasteiger partial charge in [0.15, 0.2) is 23.2 Å². The van der Waals surface area contributed by atoms with Crippen molar-refractivity contribution in [3.63, 3.8) is 0 Å². The molecule has 2 fully saturated rings. The van der Waals surface area contributed by atoms with Gasteiger partial charge in [0.25, 0.3) is 0 Å². The van der Waals surface area contributed by atoms with Gasteiger partial charge in [-0.1, -0.05) is 24.8 Å². The van der Waals surface area contributed by atoms with Gasteiger partial charge in [0.05, 0.1) is 19.0 Å². The summed E-state index contributed by atoms with van der Waals surface area (Å²) in [4.78, 5) is 15.3. The normalized spacial score (nSPS) is 26.2. The van der Waals surface area contributed by atoms with Crippen molar-refractivity contribution in [2.24, 2.45) is 0 Å². The van der Waals surface area contributed by atoms with Crippen molar-refractivity contribution in [2.45, 2.75) is 43.7 Å². The number of benzene rings is 1. The van der Waals surface area contributed by atoms with E-state index in [4.69, 9.17) is 16.3 Å². The number of rotatable bonds is 4. The number of aliphatic hydroxyl groups is 2. The van der Waals surface area contributed by atoms with Crippen LogP contribution in [0.3, 0.4) is 0 Å². The molecule has 4 heterocycles. The highest BCUT2D eigenvalue weighted by Gasteiger charge is 2.40. The van der Waals surface area contributed by atoms with E-state index in [0.717, 1.165) is 19.3 Å². The maximum Gasteiger partial charge on any atom is 0.226 e. The Morgan fingerprint density at radius 2 is 2.06 bits per heavy atom. The van der Waals surface area contributed by atoms with Gasteiger partial charge in [-0.2, -0.15) is 9.97 Å². The molecule has 8 nitrogen and oxygen atoms in total. The van der Waals surface area contributed by atoms with Crippen molar-refractivity contribution in [1.29, 1.82) is 0 Å². The molecule has 0 amide bonds. The first-order valence-corrected chi connectivity index (χ1v) is 10.9. The van der Waals surface area contributed by atoms with E-state index in [0.29, 0.717) is 34.7 Å². The number of anilines is 1. The largest absolute Gasteiger partial charge is 0.393 e. The summed E-state index contributed by atoms with van der Waals surface area (Å²) in [5.74, 6) is 0.249. The van der Waals surface area contributed by atoms with E-state index in [9.17, 15) is 14.6 Å². The molecular formula is C22H23ClFN5O3. The Bertz CT molecular complexity index is 1170. The van der Waals surface area contributed by atoms with Crippen molar-refractivity contribution in [1.82, 2.24) is 19.5 Å². The van der Waals surface area contributed by atoms with Crippen LogP contribution in [0, 0.1) is 5.82 Å². The van der Waals surface area contributed by atoms with E-state index in [1.165, 1.54) is 12.4 Å². The standard InChI is InChI=1S/C22H23ClFN5O3/c1-12-16(10-30)32-21(18(12)31)29-11-25-17-19(26-22(23)27-20(17)29)28-9-5-4-8-15(28)13-6-2-3-7-14(13)24/h2-3,6-7,11,15-16,18,21,30-31H,1,4-5,8-10H2/t15?,16-,18-,21-/m1/s1. The van der Waals surface area contributed by atoms with E-state index in [-0.39, 0.29) is 23.7 Å². The molecule has 0 bridgehead atoms. The van der Waals surface area contributed by atoms with Gasteiger partial charge in [-0.15, -0.1) is 0 Å². The lowest BCUT2D eigenvalue weighted by Crippen LogP contribution is -2.35. The summed E-state index contributed by atoms with van der Waals surface area (Å²) < 4.78 is 22.0. The van der Waals surface area contributed by atoms with Crippen molar-refractivity contribution < 1.29 is 19.3 Å². The molecule has 1 aromatic carbocycles. The highest BCUT2D eigenvalue weighted by atomic mass is 35.5. The van der Waals surface area contributed by atoms with Gasteiger partial charge in [-0.25, -0.2) is 9.37 Å². The minimum atomic E-state index is -1.04. The minimum absolute atomic E-state index is 0.0112. The summed E-state index contributed by atoms with van der Waals surface area (Å²) in [5.41, 5.74) is 1.85. The number of ether oxygens (including phenoxy) is 1. The summed E-state index contributed by atoms with van der Waals surface area (Å²) in [5, 5.41) is 20.1. The van der Waals surface area contributed by atoms with Crippen LogP contribution < -0.4 is 4.90 Å². The predicted molar refractivity (Wildman–Crippen MR) is 117 cm³/mol. The summed E-state index contributed by atoms with van der Waals surface area (Å²) in [7, 11) is 0. The van der Waals surface area contributed by atoms with Crippen molar-refractivity contribution in [2.75, 3.05) is 18.1 Å². The topological polar surface area (TPSA) is 96.5 Å². The molecule has 2 saturated heterocycles. The Hall–Kier alpha value is -2.59. The van der Waals surface area contributed by atoms with Gasteiger partial charge in [0.2, 0.25) is 5.28 Å². The van der Waals surface area contributed by atoms with Crippen LogP contribution in [0.15, 0.2) is 42.7 Å². The first-order chi connectivity index (χ1) is 15.5. The van der Waals surface area contributed by atoms with E-state index >= 15 is 0 Å². The summed E-state index contributed by atoms with van der Waals surface area (Å²) in [6.07, 6.45) is 1.59. The Labute approximate surface area is 188 Å². The number of aliphatic hydroxyl groups excluding tert-OH is 2. The molecule has 5 rings (SSSR count). The van der Waals surface area contributed by atoms with Gasteiger partial charge in [0.1, 0.15) is 18.0 Å². The van der Waals surface area contributed by atoms with Crippen LogP contribution in [0.1, 0.15) is 37.1 Å². The number of hydrogen-bond acceptors (Lipinski definition) is 7. The predicted octanol–water partition coefficient (Wildman–Crippen LogP) is 3.16. The highest BCUT2D eigenvalue weighted by Crippen LogP contribution is 2.40. The molecule has 4 atom stereocenters. The Kier molecular flexibility index (Phi) is 5.58. The molecule has 10 heteroatoms. The van der Waals surface area contributed by atoms with Crippen LogP contribution in [0.25, 0.3) is 11.2 Å². The fourth-order valence-corrected chi connectivity index (χ4v) is 4.76. The molecule has 1 unspecified atom stereocenters. The fourth-order valence-electron chi connectivity index (χ4n) is 4.60. The Balaban J connectivity index is 1.59. The first kappa shape index (κ1) is 21.3. The maximum atomic E-state index is 14.6. The van der Waals surface area contributed by atoms with Crippen LogP contribution in [-0.4, -0.2) is 55.1 Å². The lowest BCUT2D eigenvalue weighted by molar-refractivity contribution is -0.0483. The zero-order valence-corrected chi connectivity index (χ0v) is 18.0. The molecule has 0 saturated carbocycles. The second kappa shape index (κ2) is 8.40. The third-order valence-corrected chi connectivity index (χ3v) is 6.39. The molecule has 2 aliphatic rings. The van der Waals surface area contributed by atoms with E-state index in [2.05, 4.69) is 21.5 Å². The van der Waals surface area contributed by atoms with E-state index in [1.807, 2.05) is 11.0 Å². The zero-order chi connectivity index (χ0) is 22.4. The third kappa shape index (κ3) is 3.45. The molecule has 2 aromatic heterocycles. The van der Waals surface area contributed by atoms with Crippen LogP contribution in [0.5, 0.6) is 0 Å². The number of fused-ring (bicyclic) bond motifs is 1. The van der Waals surface area contributed by atoms with Crippen molar-refractivity contribution in [3.8, 4) is 0 Å². The van der Waals surface area contributed by atoms with E-state index in [1.54, 1.807) is 16.7 Å². The average Bonchev–Trinajstić information content (AvgIpc) is 3.34. The van der Waals surface area contributed by atoms with Crippen LogP contribution in [-0.2, 0) is 4.74 Å². The number of hydrogen-bond donors (Lipinski definition) is 2. The summed E-state index contributed by atoms with van der Waals surface area (Å²) in [6.45, 7) is 4.19. The monoisotopic (exact) mass is 459 g/mol. The van der Waals surface area contributed by atoms with Crippen LogP contribution in [0.4, 0.5) is 10.2 Å². The molecule has 168 valence electrons. The molecule has 0 spiro atoms. The van der Waals surface area contributed by atoms with Gasteiger partial charge in [0, 0.05) is 12.1 Å². The number of piperidine rings is 1. The zero-order valence-electron chi connectivity index (χ0n) is 17.2. The average molecular weight is 460 g/mol. The second-order valence-corrected chi connectivity index (χ2v) is 8.42. The number of imidazole rings is 1. The molecule has 3 aromatic rings. The molecule has 2 aliphatic heterocycles. The second-order valence-electron chi connectivity index (χ2n) is 8.08. The number of nitrogens with zero attached hydrogens (tertiary/aromatic N) is 5. The number of aromatic nitrogens is 4. The summed E-state index contributed by atoms with van der Waals surface area (Å²) in [6, 6.07) is 6.54. The Morgan fingerprint density at radius 1 is 1.25 bits per heavy atom. The smallest absolute Gasteiger partial charge is 0.226 e. The van der Waals surface area contributed by atoms with Crippen molar-refractivity contribution >= 4 is 28.6 Å². The Morgan fingerprint density at radius 3 is 2.81 bits per heavy atom. The quantitative estimate of drug-likeness (QED) is 0.457. The van der Waals surface area contributed by atoms with E-state index < -0.39 is 18.4 Å².